The number of rotatable bonds is 3. The summed E-state index contributed by atoms with van der Waals surface area (Å²) in [6, 6.07) is 13.7. The smallest absolute Gasteiger partial charge is 0.150 e. The van der Waals surface area contributed by atoms with Gasteiger partial charge in [-0.2, -0.15) is 0 Å². The quantitative estimate of drug-likeness (QED) is 0.780. The second kappa shape index (κ2) is 4.65. The van der Waals surface area contributed by atoms with Crippen LogP contribution in [0.1, 0.15) is 0 Å². The number of imidazole rings is 1. The van der Waals surface area contributed by atoms with Crippen LogP contribution in [0.4, 0.5) is 0 Å². The normalized spacial score (nSPS) is 10.6. The van der Waals surface area contributed by atoms with Crippen molar-refractivity contribution in [2.45, 2.75) is 0 Å². The molecule has 0 atom stereocenters. The molecule has 1 aromatic heterocycles. The Morgan fingerprint density at radius 3 is 2.47 bits per heavy atom. The Bertz CT molecular complexity index is 705. The molecule has 0 fully saturated rings. The highest BCUT2D eigenvalue weighted by Gasteiger charge is 2.11. The molecule has 0 aliphatic carbocycles. The number of hydrogen-bond acceptors (Lipinski definition) is 3. The molecule has 19 heavy (non-hydrogen) atoms. The van der Waals surface area contributed by atoms with Crippen molar-refractivity contribution in [2.75, 3.05) is 14.2 Å². The molecular weight excluding hydrogens is 240 g/mol. The third-order valence-electron chi connectivity index (χ3n) is 3.03. The highest BCUT2D eigenvalue weighted by Crippen LogP contribution is 2.31. The van der Waals surface area contributed by atoms with Gasteiger partial charge in [0.05, 0.1) is 19.7 Å². The van der Waals surface area contributed by atoms with Crippen LogP contribution in [0.3, 0.4) is 0 Å². The zero-order chi connectivity index (χ0) is 13.2. The Morgan fingerprint density at radius 2 is 1.79 bits per heavy atom. The van der Waals surface area contributed by atoms with Crippen molar-refractivity contribution in [3.05, 3.63) is 42.5 Å². The van der Waals surface area contributed by atoms with E-state index in [9.17, 15) is 0 Å². The van der Waals surface area contributed by atoms with E-state index >= 15 is 0 Å². The first-order valence-electron chi connectivity index (χ1n) is 5.99. The fourth-order valence-electron chi connectivity index (χ4n) is 2.07. The van der Waals surface area contributed by atoms with Crippen LogP contribution in [0.5, 0.6) is 11.5 Å². The Hall–Kier alpha value is -2.49. The van der Waals surface area contributed by atoms with E-state index in [0.717, 1.165) is 28.2 Å². The number of nitrogens with one attached hydrogen (secondary N) is 1. The fourth-order valence-corrected chi connectivity index (χ4v) is 2.07. The number of benzene rings is 2. The predicted octanol–water partition coefficient (Wildman–Crippen LogP) is 3.25. The summed E-state index contributed by atoms with van der Waals surface area (Å²) in [5, 5.41) is 0. The molecular formula is C15H14N2O2. The molecule has 4 nitrogen and oxygen atoms in total. The number of hydrogen-bond donors (Lipinski definition) is 1. The van der Waals surface area contributed by atoms with Gasteiger partial charge >= 0.3 is 0 Å². The second-order valence-corrected chi connectivity index (χ2v) is 4.18. The Morgan fingerprint density at radius 1 is 1.00 bits per heavy atom. The molecule has 0 amide bonds. The fraction of sp³-hybridized carbons (Fsp3) is 0.133. The molecule has 0 bridgehead atoms. The first kappa shape index (κ1) is 11.6. The first-order chi connectivity index (χ1) is 9.31. The molecule has 0 aliphatic heterocycles. The molecule has 0 saturated heterocycles. The van der Waals surface area contributed by atoms with E-state index in [-0.39, 0.29) is 0 Å². The van der Waals surface area contributed by atoms with Crippen molar-refractivity contribution in [2.24, 2.45) is 0 Å². The second-order valence-electron chi connectivity index (χ2n) is 4.18. The van der Waals surface area contributed by atoms with Gasteiger partial charge in [-0.15, -0.1) is 0 Å². The molecule has 1 heterocycles. The minimum atomic E-state index is 0.702. The van der Waals surface area contributed by atoms with E-state index in [1.54, 1.807) is 14.2 Å². The number of ether oxygens (including phenoxy) is 2. The summed E-state index contributed by atoms with van der Waals surface area (Å²) in [5.41, 5.74) is 2.75. The lowest BCUT2D eigenvalue weighted by Gasteiger charge is -2.03. The highest BCUT2D eigenvalue weighted by atomic mass is 16.5. The van der Waals surface area contributed by atoms with E-state index in [1.807, 2.05) is 42.5 Å². The molecule has 0 aliphatic rings. The van der Waals surface area contributed by atoms with Crippen LogP contribution in [0.2, 0.25) is 0 Å². The van der Waals surface area contributed by atoms with Gasteiger partial charge in [-0.3, -0.25) is 0 Å². The average Bonchev–Trinajstić information content (AvgIpc) is 2.91. The number of methoxy groups -OCH3 is 2. The zero-order valence-corrected chi connectivity index (χ0v) is 10.8. The average molecular weight is 254 g/mol. The maximum atomic E-state index is 5.36. The maximum absolute atomic E-state index is 5.36. The van der Waals surface area contributed by atoms with Crippen LogP contribution < -0.4 is 9.47 Å². The van der Waals surface area contributed by atoms with Crippen molar-refractivity contribution in [1.82, 2.24) is 9.97 Å². The summed E-state index contributed by atoms with van der Waals surface area (Å²) in [6.45, 7) is 0. The van der Waals surface area contributed by atoms with Crippen molar-refractivity contribution >= 4 is 11.0 Å². The number of nitrogens with zero attached hydrogens (tertiary/aromatic N) is 1. The van der Waals surface area contributed by atoms with Crippen molar-refractivity contribution in [3.63, 3.8) is 0 Å². The van der Waals surface area contributed by atoms with E-state index in [4.69, 9.17) is 9.47 Å². The Kier molecular flexibility index (Phi) is 2.83. The largest absolute Gasteiger partial charge is 0.497 e. The van der Waals surface area contributed by atoms with Crippen LogP contribution in [0.25, 0.3) is 22.4 Å². The molecule has 0 unspecified atom stereocenters. The van der Waals surface area contributed by atoms with Crippen LogP contribution in [0, 0.1) is 0 Å². The van der Waals surface area contributed by atoms with Crippen molar-refractivity contribution < 1.29 is 9.47 Å². The SMILES string of the molecule is COc1cc(OC)c2nc(-c3ccccc3)[nH]c2c1. The van der Waals surface area contributed by atoms with Crippen LogP contribution in [-0.4, -0.2) is 24.2 Å². The minimum absolute atomic E-state index is 0.702. The van der Waals surface area contributed by atoms with Gasteiger partial charge in [-0.25, -0.2) is 4.98 Å². The number of fused-ring (bicyclic) bond motifs is 1. The molecule has 0 radical (unpaired) electrons. The number of H-pyrrole nitrogens is 1. The lowest BCUT2D eigenvalue weighted by Crippen LogP contribution is -1.88. The summed E-state index contributed by atoms with van der Waals surface area (Å²) in [6.07, 6.45) is 0. The standard InChI is InChI=1S/C15H14N2O2/c1-18-11-8-12-14(13(9-11)19-2)17-15(16-12)10-6-4-3-5-7-10/h3-9H,1-2H3,(H,16,17). The summed E-state index contributed by atoms with van der Waals surface area (Å²) in [4.78, 5) is 7.88. The van der Waals surface area contributed by atoms with Crippen LogP contribution >= 0.6 is 0 Å². The van der Waals surface area contributed by atoms with Gasteiger partial charge in [-0.05, 0) is 0 Å². The number of aromatic nitrogens is 2. The summed E-state index contributed by atoms with van der Waals surface area (Å²) < 4.78 is 10.6. The van der Waals surface area contributed by atoms with Crippen molar-refractivity contribution in [1.29, 1.82) is 0 Å². The Balaban J connectivity index is 2.20. The van der Waals surface area contributed by atoms with Gasteiger partial charge in [0.1, 0.15) is 22.8 Å². The topological polar surface area (TPSA) is 47.1 Å². The molecule has 1 N–H and O–H groups in total. The van der Waals surface area contributed by atoms with Gasteiger partial charge in [0, 0.05) is 17.7 Å². The lowest BCUT2D eigenvalue weighted by molar-refractivity contribution is 0.397. The van der Waals surface area contributed by atoms with E-state index < -0.39 is 0 Å². The third-order valence-corrected chi connectivity index (χ3v) is 3.03. The van der Waals surface area contributed by atoms with E-state index in [2.05, 4.69) is 9.97 Å². The first-order valence-corrected chi connectivity index (χ1v) is 5.99. The van der Waals surface area contributed by atoms with E-state index in [1.165, 1.54) is 0 Å². The Labute approximate surface area is 111 Å². The van der Waals surface area contributed by atoms with Crippen LogP contribution in [-0.2, 0) is 0 Å². The lowest BCUT2D eigenvalue weighted by atomic mass is 10.2. The van der Waals surface area contributed by atoms with Gasteiger partial charge in [0.15, 0.2) is 0 Å². The van der Waals surface area contributed by atoms with E-state index in [0.29, 0.717) is 5.75 Å². The molecule has 0 spiro atoms. The monoisotopic (exact) mass is 254 g/mol. The maximum Gasteiger partial charge on any atom is 0.150 e. The van der Waals surface area contributed by atoms with Gasteiger partial charge in [0.2, 0.25) is 0 Å². The molecule has 3 aromatic rings. The van der Waals surface area contributed by atoms with Crippen molar-refractivity contribution in [3.8, 4) is 22.9 Å². The molecule has 4 heteroatoms. The molecule has 2 aromatic carbocycles. The predicted molar refractivity (Wildman–Crippen MR) is 74.6 cm³/mol. The van der Waals surface area contributed by atoms with Gasteiger partial charge in [-0.1, -0.05) is 30.3 Å². The third kappa shape index (κ3) is 2.01. The minimum Gasteiger partial charge on any atom is -0.497 e. The van der Waals surface area contributed by atoms with Gasteiger partial charge < -0.3 is 14.5 Å². The van der Waals surface area contributed by atoms with Crippen LogP contribution in [0.15, 0.2) is 42.5 Å². The molecule has 96 valence electrons. The zero-order valence-electron chi connectivity index (χ0n) is 10.8. The molecule has 0 saturated carbocycles. The molecule has 3 rings (SSSR count). The summed E-state index contributed by atoms with van der Waals surface area (Å²) >= 11 is 0. The highest BCUT2D eigenvalue weighted by molar-refractivity contribution is 5.86. The number of aromatic amines is 1. The summed E-state index contributed by atoms with van der Waals surface area (Å²) in [7, 11) is 3.26. The summed E-state index contributed by atoms with van der Waals surface area (Å²) in [5.74, 6) is 2.27. The van der Waals surface area contributed by atoms with Gasteiger partial charge in [0.25, 0.3) is 0 Å².